The Kier molecular flexibility index (Phi) is 47.3. The molecule has 0 saturated heterocycles. The van der Waals surface area contributed by atoms with Gasteiger partial charge in [-0.15, -0.1) is 12.4 Å². The highest BCUT2D eigenvalue weighted by molar-refractivity contribution is 5.85. The lowest BCUT2D eigenvalue weighted by Crippen LogP contribution is -1.91. The summed E-state index contributed by atoms with van der Waals surface area (Å²) in [5, 5.41) is 15.0. The molecule has 0 unspecified atom stereocenters. The van der Waals surface area contributed by atoms with Gasteiger partial charge in [-0.25, -0.2) is 0 Å². The van der Waals surface area contributed by atoms with E-state index in [4.69, 9.17) is 10.5 Å². The summed E-state index contributed by atoms with van der Waals surface area (Å²) >= 11 is 0. The van der Waals surface area contributed by atoms with Crippen LogP contribution in [0.5, 0.6) is 0 Å². The summed E-state index contributed by atoms with van der Waals surface area (Å²) in [6, 6.07) is 3.42. The van der Waals surface area contributed by atoms with Gasteiger partial charge >= 0.3 is 0 Å². The highest BCUT2D eigenvalue weighted by Crippen LogP contribution is 1.26. The fraction of sp³-hybridized carbons (Fsp3) is 0.500. The summed E-state index contributed by atoms with van der Waals surface area (Å²) in [5.74, 6) is 0. The standard InChI is InChI=1S/2C2H4N2.ClH/c2*3-1-2-4;/h2*1,3H2;1H. The van der Waals surface area contributed by atoms with E-state index in [-0.39, 0.29) is 25.5 Å². The second kappa shape index (κ2) is 27.1. The monoisotopic (exact) mass is 148 g/mol. The summed E-state index contributed by atoms with van der Waals surface area (Å²) in [7, 11) is 0. The molecule has 0 atom stereocenters. The van der Waals surface area contributed by atoms with E-state index < -0.39 is 0 Å². The maximum Gasteiger partial charge on any atom is 0.0815 e. The van der Waals surface area contributed by atoms with Crippen LogP contribution in [0.1, 0.15) is 0 Å². The molecule has 0 spiro atoms. The minimum absolute atomic E-state index is 0. The van der Waals surface area contributed by atoms with Crippen LogP contribution in [0.25, 0.3) is 0 Å². The van der Waals surface area contributed by atoms with Gasteiger partial charge in [0.1, 0.15) is 0 Å². The van der Waals surface area contributed by atoms with E-state index in [1.165, 1.54) is 0 Å². The Morgan fingerprint density at radius 3 is 1.11 bits per heavy atom. The second-order valence-corrected chi connectivity index (χ2v) is 0.724. The van der Waals surface area contributed by atoms with Gasteiger partial charge < -0.3 is 11.5 Å². The van der Waals surface area contributed by atoms with Crippen LogP contribution >= 0.6 is 12.4 Å². The molecule has 0 aromatic heterocycles. The van der Waals surface area contributed by atoms with E-state index >= 15 is 0 Å². The molecule has 0 amide bonds. The van der Waals surface area contributed by atoms with Crippen LogP contribution in [0.3, 0.4) is 0 Å². The zero-order valence-corrected chi connectivity index (χ0v) is 5.69. The molecule has 0 radical (unpaired) electrons. The van der Waals surface area contributed by atoms with E-state index in [0.29, 0.717) is 0 Å². The lowest BCUT2D eigenvalue weighted by molar-refractivity contribution is 1.25. The molecule has 0 saturated carbocycles. The van der Waals surface area contributed by atoms with Crippen molar-refractivity contribution in [2.45, 2.75) is 0 Å². The second-order valence-electron chi connectivity index (χ2n) is 0.724. The lowest BCUT2D eigenvalue weighted by Gasteiger charge is -1.51. The molecule has 0 aromatic carbocycles. The van der Waals surface area contributed by atoms with Crippen LogP contribution < -0.4 is 11.5 Å². The van der Waals surface area contributed by atoms with Gasteiger partial charge in [0.2, 0.25) is 0 Å². The summed E-state index contributed by atoms with van der Waals surface area (Å²) < 4.78 is 0. The van der Waals surface area contributed by atoms with Gasteiger partial charge in [-0.1, -0.05) is 0 Å². The molecule has 4 N–H and O–H groups in total. The van der Waals surface area contributed by atoms with Crippen molar-refractivity contribution in [3.63, 3.8) is 0 Å². The maximum atomic E-state index is 7.50. The van der Waals surface area contributed by atoms with Crippen molar-refractivity contribution in [2.24, 2.45) is 11.5 Å². The topological polar surface area (TPSA) is 99.6 Å². The van der Waals surface area contributed by atoms with E-state index in [9.17, 15) is 0 Å². The highest BCUT2D eigenvalue weighted by atomic mass is 35.5. The average Bonchev–Trinajstić information content (AvgIpc) is 1.88. The Morgan fingerprint density at radius 1 is 1.00 bits per heavy atom. The van der Waals surface area contributed by atoms with Crippen molar-refractivity contribution < 1.29 is 0 Å². The number of nitrogens with zero attached hydrogens (tertiary/aromatic N) is 2. The zero-order chi connectivity index (χ0) is 6.83. The van der Waals surface area contributed by atoms with Gasteiger partial charge in [0.05, 0.1) is 25.2 Å². The van der Waals surface area contributed by atoms with Gasteiger partial charge in [-0.2, -0.15) is 10.5 Å². The van der Waals surface area contributed by atoms with Gasteiger partial charge in [0, 0.05) is 0 Å². The first-order valence-electron chi connectivity index (χ1n) is 1.97. The summed E-state index contributed by atoms with van der Waals surface area (Å²) in [6.45, 7) is 0.250. The van der Waals surface area contributed by atoms with Crippen LogP contribution in [0, 0.1) is 22.7 Å². The first-order valence-corrected chi connectivity index (χ1v) is 1.97. The third-order valence-corrected chi connectivity index (χ3v) is 0.183. The van der Waals surface area contributed by atoms with Crippen LogP contribution in [-0.4, -0.2) is 13.1 Å². The maximum absolute atomic E-state index is 7.50. The minimum atomic E-state index is 0. The molecular weight excluding hydrogens is 140 g/mol. The molecule has 0 rings (SSSR count). The number of rotatable bonds is 0. The van der Waals surface area contributed by atoms with E-state index in [0.717, 1.165) is 0 Å². The van der Waals surface area contributed by atoms with E-state index in [1.54, 1.807) is 12.1 Å². The van der Waals surface area contributed by atoms with Crippen molar-refractivity contribution in [1.29, 1.82) is 10.5 Å². The predicted octanol–water partition coefficient (Wildman–Crippen LogP) is -0.641. The van der Waals surface area contributed by atoms with Crippen molar-refractivity contribution in [3.05, 3.63) is 0 Å². The third kappa shape index (κ3) is 137. The number of nitrogens with two attached hydrogens (primary N) is 2. The number of nitriles is 2. The zero-order valence-electron chi connectivity index (χ0n) is 4.87. The summed E-state index contributed by atoms with van der Waals surface area (Å²) in [6.07, 6.45) is 0. The van der Waals surface area contributed by atoms with Crippen molar-refractivity contribution >= 4 is 12.4 Å². The van der Waals surface area contributed by atoms with Crippen molar-refractivity contribution in [1.82, 2.24) is 0 Å². The Hall–Kier alpha value is -0.810. The molecule has 0 bridgehead atoms. The van der Waals surface area contributed by atoms with Gasteiger partial charge in [-0.3, -0.25) is 0 Å². The SMILES string of the molecule is Cl.N#CCN.N#CCN. The molecule has 52 valence electrons. The first kappa shape index (κ1) is 15.7. The molecule has 4 nitrogen and oxygen atoms in total. The van der Waals surface area contributed by atoms with E-state index in [2.05, 4.69) is 11.5 Å². The Bertz CT molecular complexity index is 86.1. The number of hydrogen-bond donors (Lipinski definition) is 2. The quantitative estimate of drug-likeness (QED) is 0.447. The number of hydrogen-bond acceptors (Lipinski definition) is 4. The first-order chi connectivity index (χ1) is 3.83. The van der Waals surface area contributed by atoms with Crippen LogP contribution in [0.2, 0.25) is 0 Å². The average molecular weight is 149 g/mol. The largest absolute Gasteiger partial charge is 0.318 e. The summed E-state index contributed by atoms with van der Waals surface area (Å²) in [4.78, 5) is 0. The Balaban J connectivity index is -0.0000000720. The fourth-order valence-corrected chi connectivity index (χ4v) is 0. The highest BCUT2D eigenvalue weighted by Gasteiger charge is 1.48. The fourth-order valence-electron chi connectivity index (χ4n) is 0. The molecule has 5 heteroatoms. The smallest absolute Gasteiger partial charge is 0.0815 e. The van der Waals surface area contributed by atoms with Crippen LogP contribution in [0.4, 0.5) is 0 Å². The minimum Gasteiger partial charge on any atom is -0.318 e. The predicted molar refractivity (Wildman–Crippen MR) is 36.6 cm³/mol. The number of halogens is 1. The Morgan fingerprint density at radius 2 is 1.11 bits per heavy atom. The third-order valence-electron chi connectivity index (χ3n) is 0.183. The molecule has 9 heavy (non-hydrogen) atoms. The molecular formula is C4H9ClN4. The van der Waals surface area contributed by atoms with Gasteiger partial charge in [0.25, 0.3) is 0 Å². The van der Waals surface area contributed by atoms with Crippen molar-refractivity contribution in [2.75, 3.05) is 13.1 Å². The van der Waals surface area contributed by atoms with Gasteiger partial charge in [0.15, 0.2) is 0 Å². The Labute approximate surface area is 60.5 Å². The molecule has 0 aliphatic rings. The lowest BCUT2D eigenvalue weighted by atomic mass is 10.8. The van der Waals surface area contributed by atoms with Crippen LogP contribution in [0.15, 0.2) is 0 Å². The van der Waals surface area contributed by atoms with Gasteiger partial charge in [-0.05, 0) is 0 Å². The summed E-state index contributed by atoms with van der Waals surface area (Å²) in [5.41, 5.74) is 9.33. The molecule has 0 heterocycles. The molecule has 0 aliphatic carbocycles. The normalized spacial score (nSPS) is 4.44. The molecule has 0 fully saturated rings. The van der Waals surface area contributed by atoms with Crippen molar-refractivity contribution in [3.8, 4) is 12.1 Å². The molecule has 0 aliphatic heterocycles. The van der Waals surface area contributed by atoms with E-state index in [1.807, 2.05) is 0 Å². The van der Waals surface area contributed by atoms with Crippen LogP contribution in [-0.2, 0) is 0 Å². The molecule has 0 aromatic rings.